The molecule has 2 rings (SSSR count). The van der Waals surface area contributed by atoms with Crippen molar-refractivity contribution in [3.63, 3.8) is 0 Å². The monoisotopic (exact) mass is 289 g/mol. The molecule has 0 saturated heterocycles. The molecule has 2 aromatic rings. The van der Waals surface area contributed by atoms with E-state index in [1.54, 1.807) is 6.07 Å². The third kappa shape index (κ3) is 3.95. The molecule has 4 nitrogen and oxygen atoms in total. The average molecular weight is 289 g/mol. The van der Waals surface area contributed by atoms with Crippen molar-refractivity contribution in [1.82, 2.24) is 0 Å². The van der Waals surface area contributed by atoms with Gasteiger partial charge in [-0.25, -0.2) is 4.39 Å². The number of benzene rings is 2. The van der Waals surface area contributed by atoms with Crippen LogP contribution in [0, 0.1) is 5.82 Å². The van der Waals surface area contributed by atoms with Crippen LogP contribution in [0.5, 0.6) is 5.75 Å². The van der Waals surface area contributed by atoms with Gasteiger partial charge in [-0.2, -0.15) is 0 Å². The van der Waals surface area contributed by atoms with Gasteiger partial charge >= 0.3 is 5.97 Å². The maximum Gasteiger partial charge on any atom is 0.309 e. The zero-order valence-electron chi connectivity index (χ0n) is 11.6. The van der Waals surface area contributed by atoms with E-state index in [1.165, 1.54) is 19.2 Å². The van der Waals surface area contributed by atoms with Gasteiger partial charge < -0.3 is 15.2 Å². The highest BCUT2D eigenvalue weighted by atomic mass is 19.1. The van der Waals surface area contributed by atoms with Crippen LogP contribution in [0.2, 0.25) is 0 Å². The van der Waals surface area contributed by atoms with Crippen LogP contribution in [-0.2, 0) is 22.6 Å². The smallest absolute Gasteiger partial charge is 0.309 e. The Bertz CT molecular complexity index is 643. The van der Waals surface area contributed by atoms with Crippen LogP contribution in [0.15, 0.2) is 42.5 Å². The van der Waals surface area contributed by atoms with Gasteiger partial charge in [0.15, 0.2) is 11.6 Å². The standard InChI is InChI=1S/C16H16FNO3/c1-20-16(19)8-11-4-2-3-5-12(11)10-21-15-7-6-13(18)9-14(15)17/h2-7,9H,8,10,18H2,1H3. The van der Waals surface area contributed by atoms with Crippen molar-refractivity contribution in [3.8, 4) is 5.75 Å². The second kappa shape index (κ2) is 6.74. The minimum absolute atomic E-state index is 0.122. The summed E-state index contributed by atoms with van der Waals surface area (Å²) in [4.78, 5) is 11.4. The molecule has 0 saturated carbocycles. The van der Waals surface area contributed by atoms with E-state index in [0.29, 0.717) is 5.69 Å². The van der Waals surface area contributed by atoms with E-state index in [1.807, 2.05) is 24.3 Å². The molecule has 0 fully saturated rings. The van der Waals surface area contributed by atoms with Crippen LogP contribution in [0.25, 0.3) is 0 Å². The van der Waals surface area contributed by atoms with Crippen molar-refractivity contribution in [2.75, 3.05) is 12.8 Å². The minimum Gasteiger partial charge on any atom is -0.486 e. The number of hydrogen-bond donors (Lipinski definition) is 1. The molecule has 0 atom stereocenters. The summed E-state index contributed by atoms with van der Waals surface area (Å²) in [5.74, 6) is -0.723. The maximum absolute atomic E-state index is 13.6. The van der Waals surface area contributed by atoms with Gasteiger partial charge in [0.1, 0.15) is 6.61 Å². The lowest BCUT2D eigenvalue weighted by Crippen LogP contribution is -2.08. The van der Waals surface area contributed by atoms with E-state index in [4.69, 9.17) is 10.5 Å². The summed E-state index contributed by atoms with van der Waals surface area (Å²) < 4.78 is 23.7. The predicted octanol–water partition coefficient (Wildman–Crippen LogP) is 2.70. The molecule has 0 unspecified atom stereocenters. The Morgan fingerprint density at radius 1 is 1.19 bits per heavy atom. The number of esters is 1. The molecule has 0 spiro atoms. The lowest BCUT2D eigenvalue weighted by atomic mass is 10.1. The molecule has 21 heavy (non-hydrogen) atoms. The first-order chi connectivity index (χ1) is 10.1. The molecule has 0 aromatic heterocycles. The molecule has 0 radical (unpaired) electrons. The lowest BCUT2D eigenvalue weighted by Gasteiger charge is -2.11. The van der Waals surface area contributed by atoms with Gasteiger partial charge in [-0.15, -0.1) is 0 Å². The fraction of sp³-hybridized carbons (Fsp3) is 0.188. The summed E-state index contributed by atoms with van der Waals surface area (Å²) in [6.45, 7) is 0.161. The van der Waals surface area contributed by atoms with Crippen LogP contribution in [-0.4, -0.2) is 13.1 Å². The van der Waals surface area contributed by atoms with E-state index in [2.05, 4.69) is 4.74 Å². The molecule has 0 amide bonds. The fourth-order valence-electron chi connectivity index (χ4n) is 1.89. The Morgan fingerprint density at radius 2 is 1.90 bits per heavy atom. The second-order valence-electron chi connectivity index (χ2n) is 4.50. The number of nitrogen functional groups attached to an aromatic ring is 1. The van der Waals surface area contributed by atoms with E-state index < -0.39 is 5.82 Å². The van der Waals surface area contributed by atoms with Gasteiger partial charge in [0.25, 0.3) is 0 Å². The topological polar surface area (TPSA) is 61.5 Å². The van der Waals surface area contributed by atoms with Gasteiger partial charge in [0, 0.05) is 11.8 Å². The van der Waals surface area contributed by atoms with E-state index >= 15 is 0 Å². The Morgan fingerprint density at radius 3 is 2.57 bits per heavy atom. The first-order valence-electron chi connectivity index (χ1n) is 6.41. The summed E-state index contributed by atoms with van der Waals surface area (Å²) in [7, 11) is 1.34. The highest BCUT2D eigenvalue weighted by Crippen LogP contribution is 2.21. The fourth-order valence-corrected chi connectivity index (χ4v) is 1.89. The summed E-state index contributed by atoms with van der Waals surface area (Å²) in [5.41, 5.74) is 7.42. The Labute approximate surface area is 122 Å². The number of methoxy groups -OCH3 is 1. The van der Waals surface area contributed by atoms with Crippen LogP contribution in [0.3, 0.4) is 0 Å². The first kappa shape index (κ1) is 14.8. The number of carbonyl (C=O) groups excluding carboxylic acids is 1. The van der Waals surface area contributed by atoms with Gasteiger partial charge in [-0.05, 0) is 23.3 Å². The molecule has 5 heteroatoms. The summed E-state index contributed by atoms with van der Waals surface area (Å²) in [5, 5.41) is 0. The zero-order chi connectivity index (χ0) is 15.2. The molecule has 0 aliphatic carbocycles. The van der Waals surface area contributed by atoms with E-state index in [9.17, 15) is 9.18 Å². The highest BCUT2D eigenvalue weighted by molar-refractivity contribution is 5.72. The van der Waals surface area contributed by atoms with E-state index in [0.717, 1.165) is 11.1 Å². The van der Waals surface area contributed by atoms with Crippen LogP contribution in [0.4, 0.5) is 10.1 Å². The number of hydrogen-bond acceptors (Lipinski definition) is 4. The van der Waals surface area contributed by atoms with Crippen molar-refractivity contribution in [2.45, 2.75) is 13.0 Å². The summed E-state index contributed by atoms with van der Waals surface area (Å²) in [6.07, 6.45) is 0.153. The number of halogens is 1. The molecular formula is C16H16FNO3. The van der Waals surface area contributed by atoms with Gasteiger partial charge in [0.2, 0.25) is 0 Å². The van der Waals surface area contributed by atoms with Gasteiger partial charge in [-0.1, -0.05) is 24.3 Å². The van der Waals surface area contributed by atoms with Crippen molar-refractivity contribution in [2.24, 2.45) is 0 Å². The largest absolute Gasteiger partial charge is 0.486 e. The molecule has 2 aromatic carbocycles. The SMILES string of the molecule is COC(=O)Cc1ccccc1COc1ccc(N)cc1F. The number of nitrogens with two attached hydrogens (primary N) is 1. The quantitative estimate of drug-likeness (QED) is 0.679. The second-order valence-corrected chi connectivity index (χ2v) is 4.50. The van der Waals surface area contributed by atoms with Crippen LogP contribution >= 0.6 is 0 Å². The lowest BCUT2D eigenvalue weighted by molar-refractivity contribution is -0.139. The Hall–Kier alpha value is -2.56. The van der Waals surface area contributed by atoms with Crippen molar-refractivity contribution < 1.29 is 18.7 Å². The molecule has 0 heterocycles. The molecule has 2 N–H and O–H groups in total. The minimum atomic E-state index is -0.513. The van der Waals surface area contributed by atoms with Crippen molar-refractivity contribution >= 4 is 11.7 Å². The first-order valence-corrected chi connectivity index (χ1v) is 6.41. The Balaban J connectivity index is 2.11. The van der Waals surface area contributed by atoms with Gasteiger partial charge in [0.05, 0.1) is 13.5 Å². The number of carbonyl (C=O) groups is 1. The van der Waals surface area contributed by atoms with Crippen molar-refractivity contribution in [3.05, 3.63) is 59.4 Å². The normalized spacial score (nSPS) is 10.2. The molecular weight excluding hydrogens is 273 g/mol. The zero-order valence-corrected chi connectivity index (χ0v) is 11.6. The summed E-state index contributed by atoms with van der Waals surface area (Å²) >= 11 is 0. The highest BCUT2D eigenvalue weighted by Gasteiger charge is 2.09. The molecule has 0 aliphatic rings. The third-order valence-corrected chi connectivity index (χ3v) is 3.02. The predicted molar refractivity (Wildman–Crippen MR) is 77.3 cm³/mol. The average Bonchev–Trinajstić information content (AvgIpc) is 2.47. The van der Waals surface area contributed by atoms with Crippen LogP contribution in [0.1, 0.15) is 11.1 Å². The third-order valence-electron chi connectivity index (χ3n) is 3.02. The van der Waals surface area contributed by atoms with Crippen molar-refractivity contribution in [1.29, 1.82) is 0 Å². The van der Waals surface area contributed by atoms with Crippen LogP contribution < -0.4 is 10.5 Å². The molecule has 110 valence electrons. The summed E-state index contributed by atoms with van der Waals surface area (Å²) in [6, 6.07) is 11.6. The van der Waals surface area contributed by atoms with E-state index in [-0.39, 0.29) is 24.7 Å². The molecule has 0 bridgehead atoms. The number of rotatable bonds is 5. The molecule has 0 aliphatic heterocycles. The Kier molecular flexibility index (Phi) is 4.77. The van der Waals surface area contributed by atoms with Gasteiger partial charge in [-0.3, -0.25) is 4.79 Å². The number of ether oxygens (including phenoxy) is 2. The maximum atomic E-state index is 13.6. The number of anilines is 1.